The second-order valence-electron chi connectivity index (χ2n) is 5.84. The molecule has 0 bridgehead atoms. The number of rotatable bonds is 8. The molecule has 1 rings (SSSR count). The predicted octanol–water partition coefficient (Wildman–Crippen LogP) is 3.20. The van der Waals surface area contributed by atoms with E-state index in [0.29, 0.717) is 5.02 Å². The van der Waals surface area contributed by atoms with Gasteiger partial charge in [-0.2, -0.15) is 0 Å². The fourth-order valence-corrected chi connectivity index (χ4v) is 2.52. The van der Waals surface area contributed by atoms with E-state index in [4.69, 9.17) is 23.2 Å². The van der Waals surface area contributed by atoms with E-state index in [1.165, 1.54) is 18.2 Å². The van der Waals surface area contributed by atoms with E-state index in [2.05, 4.69) is 5.32 Å². The van der Waals surface area contributed by atoms with E-state index in [0.717, 1.165) is 4.90 Å². The number of hydrogen-bond donors (Lipinski definition) is 3. The monoisotopic (exact) mass is 390 g/mol. The van der Waals surface area contributed by atoms with Gasteiger partial charge in [-0.05, 0) is 30.5 Å². The van der Waals surface area contributed by atoms with Crippen molar-refractivity contribution >= 4 is 41.2 Å². The van der Waals surface area contributed by atoms with Gasteiger partial charge in [0.25, 0.3) is 5.91 Å². The summed E-state index contributed by atoms with van der Waals surface area (Å²) in [6, 6.07) is 3.19. The van der Waals surface area contributed by atoms with Crippen molar-refractivity contribution in [1.82, 2.24) is 10.2 Å². The van der Waals surface area contributed by atoms with Gasteiger partial charge in [0.2, 0.25) is 0 Å². The van der Waals surface area contributed by atoms with Crippen LogP contribution in [0.1, 0.15) is 30.6 Å². The van der Waals surface area contributed by atoms with Crippen LogP contribution >= 0.6 is 23.2 Å². The molecule has 9 heteroatoms. The summed E-state index contributed by atoms with van der Waals surface area (Å²) in [5, 5.41) is 21.6. The smallest absolute Gasteiger partial charge is 0.408 e. The van der Waals surface area contributed by atoms with E-state index >= 15 is 0 Å². The summed E-state index contributed by atoms with van der Waals surface area (Å²) in [6.07, 6.45) is -1.17. The zero-order chi connectivity index (χ0) is 19.1. The van der Waals surface area contributed by atoms with E-state index in [9.17, 15) is 24.6 Å². The molecule has 1 aromatic carbocycles. The van der Waals surface area contributed by atoms with Gasteiger partial charge in [-0.25, -0.2) is 9.59 Å². The second kappa shape index (κ2) is 9.48. The molecule has 0 aliphatic rings. The van der Waals surface area contributed by atoms with Crippen LogP contribution in [0.2, 0.25) is 10.0 Å². The Kier molecular flexibility index (Phi) is 7.99. The van der Waals surface area contributed by atoms with E-state index < -0.39 is 24.0 Å². The second-order valence-corrected chi connectivity index (χ2v) is 6.66. The first-order valence-corrected chi connectivity index (χ1v) is 8.34. The van der Waals surface area contributed by atoms with Crippen LogP contribution in [0.25, 0.3) is 0 Å². The Hall–Kier alpha value is -1.99. The summed E-state index contributed by atoms with van der Waals surface area (Å²) < 4.78 is 0. The van der Waals surface area contributed by atoms with Gasteiger partial charge >= 0.3 is 12.1 Å². The summed E-state index contributed by atoms with van der Waals surface area (Å²) in [7, 11) is 0. The van der Waals surface area contributed by atoms with Gasteiger partial charge in [-0.15, -0.1) is 0 Å². The molecular weight excluding hydrogens is 371 g/mol. The molecule has 0 aliphatic carbocycles. The molecule has 2 amide bonds. The summed E-state index contributed by atoms with van der Waals surface area (Å²) in [4.78, 5) is 35.6. The van der Waals surface area contributed by atoms with Crippen LogP contribution in [0.3, 0.4) is 0 Å². The van der Waals surface area contributed by atoms with Gasteiger partial charge in [0.15, 0.2) is 0 Å². The molecule has 25 heavy (non-hydrogen) atoms. The lowest BCUT2D eigenvalue weighted by molar-refractivity contribution is -0.143. The fourth-order valence-electron chi connectivity index (χ4n) is 2.22. The molecule has 0 saturated carbocycles. The predicted molar refractivity (Wildman–Crippen MR) is 94.4 cm³/mol. The van der Waals surface area contributed by atoms with Crippen molar-refractivity contribution in [2.45, 2.75) is 26.3 Å². The number of nitrogens with zero attached hydrogens (tertiary/aromatic N) is 1. The molecule has 0 fully saturated rings. The quantitative estimate of drug-likeness (QED) is 0.631. The molecular formula is C16H20Cl2N2O5. The molecule has 0 aliphatic heterocycles. The van der Waals surface area contributed by atoms with Crippen molar-refractivity contribution in [3.63, 3.8) is 0 Å². The normalized spacial score (nSPS) is 11.9. The maximum absolute atomic E-state index is 12.0. The van der Waals surface area contributed by atoms with Gasteiger partial charge in [0.1, 0.15) is 6.04 Å². The van der Waals surface area contributed by atoms with E-state index in [-0.39, 0.29) is 36.0 Å². The van der Waals surface area contributed by atoms with Crippen molar-refractivity contribution in [1.29, 1.82) is 0 Å². The number of amides is 2. The molecule has 0 radical (unpaired) electrons. The standard InChI is InChI=1S/C16H20Cl2N2O5/c1-9(2)7-13(15(22)23)20(16(24)25)6-5-19-14(21)10-3-4-11(17)12(18)8-10/h3-4,8-9,13H,5-7H2,1-2H3,(H,19,21)(H,22,23)(H,24,25). The number of carbonyl (C=O) groups excluding carboxylic acids is 1. The van der Waals surface area contributed by atoms with E-state index in [1.54, 1.807) is 0 Å². The highest BCUT2D eigenvalue weighted by atomic mass is 35.5. The Morgan fingerprint density at radius 3 is 2.28 bits per heavy atom. The van der Waals surface area contributed by atoms with Crippen LogP contribution in [-0.4, -0.2) is 52.2 Å². The molecule has 1 unspecified atom stereocenters. The van der Waals surface area contributed by atoms with Gasteiger partial charge in [-0.3, -0.25) is 9.69 Å². The maximum atomic E-state index is 12.0. The van der Waals surface area contributed by atoms with Crippen LogP contribution in [0.4, 0.5) is 4.79 Å². The molecule has 0 aromatic heterocycles. The van der Waals surface area contributed by atoms with Crippen molar-refractivity contribution in [2.75, 3.05) is 13.1 Å². The van der Waals surface area contributed by atoms with Crippen molar-refractivity contribution in [2.24, 2.45) is 5.92 Å². The molecule has 1 aromatic rings. The number of benzene rings is 1. The number of carboxylic acids is 1. The van der Waals surface area contributed by atoms with Crippen molar-refractivity contribution in [3.05, 3.63) is 33.8 Å². The van der Waals surface area contributed by atoms with Crippen LogP contribution < -0.4 is 5.32 Å². The average molecular weight is 391 g/mol. The number of carboxylic acid groups (broad SMARTS) is 2. The highest BCUT2D eigenvalue weighted by Gasteiger charge is 2.30. The molecule has 138 valence electrons. The maximum Gasteiger partial charge on any atom is 0.408 e. The summed E-state index contributed by atoms with van der Waals surface area (Å²) in [5.41, 5.74) is 0.272. The summed E-state index contributed by atoms with van der Waals surface area (Å²) in [5.74, 6) is -1.67. The Balaban J connectivity index is 2.71. The first-order chi connectivity index (χ1) is 11.6. The van der Waals surface area contributed by atoms with Crippen LogP contribution in [0, 0.1) is 5.92 Å². The Morgan fingerprint density at radius 1 is 1.16 bits per heavy atom. The number of hydrogen-bond acceptors (Lipinski definition) is 3. The fraction of sp³-hybridized carbons (Fsp3) is 0.438. The average Bonchev–Trinajstić information content (AvgIpc) is 2.51. The topological polar surface area (TPSA) is 107 Å². The number of halogens is 2. The highest BCUT2D eigenvalue weighted by molar-refractivity contribution is 6.42. The van der Waals surface area contributed by atoms with Crippen LogP contribution in [0.5, 0.6) is 0 Å². The third-order valence-corrected chi connectivity index (χ3v) is 4.16. The lowest BCUT2D eigenvalue weighted by atomic mass is 10.0. The third kappa shape index (κ3) is 6.43. The summed E-state index contributed by atoms with van der Waals surface area (Å²) >= 11 is 11.6. The molecule has 3 N–H and O–H groups in total. The Morgan fingerprint density at radius 2 is 1.80 bits per heavy atom. The Bertz CT molecular complexity index is 651. The number of carbonyl (C=O) groups is 3. The van der Waals surface area contributed by atoms with Gasteiger partial charge in [0.05, 0.1) is 10.0 Å². The lowest BCUT2D eigenvalue weighted by Gasteiger charge is -2.27. The minimum absolute atomic E-state index is 0.00810. The summed E-state index contributed by atoms with van der Waals surface area (Å²) in [6.45, 7) is 3.43. The van der Waals surface area contributed by atoms with Crippen molar-refractivity contribution in [3.8, 4) is 0 Å². The van der Waals surface area contributed by atoms with Crippen LogP contribution in [0.15, 0.2) is 18.2 Å². The Labute approximate surface area is 155 Å². The van der Waals surface area contributed by atoms with E-state index in [1.807, 2.05) is 13.8 Å². The van der Waals surface area contributed by atoms with Crippen molar-refractivity contribution < 1.29 is 24.6 Å². The SMILES string of the molecule is CC(C)CC(C(=O)O)N(CCNC(=O)c1ccc(Cl)c(Cl)c1)C(=O)O. The number of aliphatic carboxylic acids is 1. The lowest BCUT2D eigenvalue weighted by Crippen LogP contribution is -2.48. The molecule has 0 saturated heterocycles. The van der Waals surface area contributed by atoms with Gasteiger partial charge < -0.3 is 15.5 Å². The van der Waals surface area contributed by atoms with Crippen LogP contribution in [-0.2, 0) is 4.79 Å². The minimum Gasteiger partial charge on any atom is -0.480 e. The zero-order valence-electron chi connectivity index (χ0n) is 13.8. The minimum atomic E-state index is -1.35. The zero-order valence-corrected chi connectivity index (χ0v) is 15.3. The third-order valence-electron chi connectivity index (χ3n) is 3.42. The largest absolute Gasteiger partial charge is 0.480 e. The van der Waals surface area contributed by atoms with Gasteiger partial charge in [-0.1, -0.05) is 37.0 Å². The highest BCUT2D eigenvalue weighted by Crippen LogP contribution is 2.22. The molecule has 1 atom stereocenters. The first-order valence-electron chi connectivity index (χ1n) is 7.59. The molecule has 0 spiro atoms. The first kappa shape index (κ1) is 21.1. The number of nitrogens with one attached hydrogen (secondary N) is 1. The molecule has 0 heterocycles. The molecule has 7 nitrogen and oxygen atoms in total. The van der Waals surface area contributed by atoms with Gasteiger partial charge in [0, 0.05) is 18.7 Å².